The van der Waals surface area contributed by atoms with E-state index in [-0.39, 0.29) is 9.47 Å². The van der Waals surface area contributed by atoms with Gasteiger partial charge in [0, 0.05) is 4.47 Å². The van der Waals surface area contributed by atoms with Gasteiger partial charge in [0.2, 0.25) is 0 Å². The molecule has 0 bridgehead atoms. The van der Waals surface area contributed by atoms with Crippen LogP contribution >= 0.6 is 27.3 Å². The van der Waals surface area contributed by atoms with Gasteiger partial charge in [-0.05, 0) is 22.0 Å². The van der Waals surface area contributed by atoms with E-state index in [1.54, 1.807) is 0 Å². The Morgan fingerprint density at radius 1 is 1.45 bits per heavy atom. The highest BCUT2D eigenvalue weighted by Gasteiger charge is 2.35. The van der Waals surface area contributed by atoms with E-state index in [9.17, 15) is 13.2 Å². The molecule has 1 aromatic heterocycles. The second-order valence-electron chi connectivity index (χ2n) is 1.82. The maximum atomic E-state index is 12.0. The van der Waals surface area contributed by atoms with Gasteiger partial charge in [0.05, 0.1) is 5.00 Å². The molecule has 1 heterocycles. The van der Waals surface area contributed by atoms with Crippen molar-refractivity contribution in [3.63, 3.8) is 0 Å². The summed E-state index contributed by atoms with van der Waals surface area (Å²) in [5, 5.41) is 0.157. The van der Waals surface area contributed by atoms with Gasteiger partial charge in [-0.25, -0.2) is 0 Å². The number of hydrogen-bond acceptors (Lipinski definition) is 2. The zero-order chi connectivity index (χ0) is 8.65. The van der Waals surface area contributed by atoms with Gasteiger partial charge in [-0.1, -0.05) is 0 Å². The summed E-state index contributed by atoms with van der Waals surface area (Å²) in [7, 11) is 0. The number of thiophene rings is 1. The minimum absolute atomic E-state index is 0.00694. The number of hydrogen-bond donors (Lipinski definition) is 1. The van der Waals surface area contributed by atoms with Crippen LogP contribution in [0.1, 0.15) is 4.88 Å². The number of nitrogens with two attached hydrogens (primary N) is 1. The number of halogens is 4. The van der Waals surface area contributed by atoms with Crippen molar-refractivity contribution in [2.24, 2.45) is 0 Å². The molecule has 0 saturated heterocycles. The van der Waals surface area contributed by atoms with Crippen molar-refractivity contribution in [1.82, 2.24) is 0 Å². The largest absolute Gasteiger partial charge is 0.426 e. The third-order valence-corrected chi connectivity index (χ3v) is 2.86. The molecule has 0 saturated carbocycles. The molecule has 0 spiro atoms. The third-order valence-electron chi connectivity index (χ3n) is 0.963. The summed E-state index contributed by atoms with van der Waals surface area (Å²) in [4.78, 5) is -0.685. The maximum Gasteiger partial charge on any atom is 0.426 e. The van der Waals surface area contributed by atoms with E-state index in [1.807, 2.05) is 0 Å². The van der Waals surface area contributed by atoms with Crippen molar-refractivity contribution in [2.75, 3.05) is 5.73 Å². The summed E-state index contributed by atoms with van der Waals surface area (Å²) in [6.45, 7) is 0. The molecule has 0 radical (unpaired) electrons. The van der Waals surface area contributed by atoms with Crippen LogP contribution in [0.4, 0.5) is 18.2 Å². The molecular formula is C5H3BrF3NS. The van der Waals surface area contributed by atoms with Crippen LogP contribution < -0.4 is 5.73 Å². The summed E-state index contributed by atoms with van der Waals surface area (Å²) in [5.74, 6) is 0. The summed E-state index contributed by atoms with van der Waals surface area (Å²) in [5.41, 5.74) is 5.16. The first-order chi connectivity index (χ1) is 4.91. The van der Waals surface area contributed by atoms with Gasteiger partial charge in [-0.2, -0.15) is 13.2 Å². The lowest BCUT2D eigenvalue weighted by molar-refractivity contribution is -0.134. The molecular weight excluding hydrogens is 243 g/mol. The molecule has 1 rings (SSSR count). The monoisotopic (exact) mass is 245 g/mol. The Hall–Kier alpha value is -0.230. The van der Waals surface area contributed by atoms with Gasteiger partial charge < -0.3 is 5.73 Å². The Kier molecular flexibility index (Phi) is 2.15. The molecule has 0 fully saturated rings. The van der Waals surface area contributed by atoms with Gasteiger partial charge in [0.25, 0.3) is 0 Å². The zero-order valence-electron chi connectivity index (χ0n) is 5.07. The lowest BCUT2D eigenvalue weighted by Crippen LogP contribution is -2.01. The molecule has 0 amide bonds. The van der Waals surface area contributed by atoms with Crippen LogP contribution in [0, 0.1) is 0 Å². The molecule has 0 aliphatic carbocycles. The molecule has 6 heteroatoms. The van der Waals surface area contributed by atoms with Crippen molar-refractivity contribution in [1.29, 1.82) is 0 Å². The third kappa shape index (κ3) is 1.87. The molecule has 0 aliphatic rings. The van der Waals surface area contributed by atoms with Gasteiger partial charge in [-0.15, -0.1) is 11.3 Å². The van der Waals surface area contributed by atoms with E-state index in [0.29, 0.717) is 11.3 Å². The van der Waals surface area contributed by atoms with Crippen LogP contribution in [0.3, 0.4) is 0 Å². The Bertz CT molecular complexity index is 267. The first-order valence-corrected chi connectivity index (χ1v) is 4.14. The molecule has 11 heavy (non-hydrogen) atoms. The van der Waals surface area contributed by atoms with Crippen LogP contribution in [0.25, 0.3) is 0 Å². The molecule has 0 aromatic carbocycles. The molecule has 2 N–H and O–H groups in total. The highest BCUT2D eigenvalue weighted by Crippen LogP contribution is 2.41. The lowest BCUT2D eigenvalue weighted by atomic mass is 10.4. The standard InChI is InChI=1S/C5H3BrF3NS/c6-2-1-3(10)11-4(2)5(7,8)9/h1H,10H2. The fraction of sp³-hybridized carbons (Fsp3) is 0.200. The Balaban J connectivity index is 3.13. The van der Waals surface area contributed by atoms with Crippen molar-refractivity contribution < 1.29 is 13.2 Å². The van der Waals surface area contributed by atoms with E-state index in [2.05, 4.69) is 15.9 Å². The average molecular weight is 246 g/mol. The van der Waals surface area contributed by atoms with E-state index in [1.165, 1.54) is 6.07 Å². The highest BCUT2D eigenvalue weighted by molar-refractivity contribution is 9.10. The molecule has 62 valence electrons. The van der Waals surface area contributed by atoms with Crippen molar-refractivity contribution in [3.05, 3.63) is 15.4 Å². The van der Waals surface area contributed by atoms with Gasteiger partial charge in [-0.3, -0.25) is 0 Å². The molecule has 0 unspecified atom stereocenters. The lowest BCUT2D eigenvalue weighted by Gasteiger charge is -2.01. The minimum atomic E-state index is -4.30. The Morgan fingerprint density at radius 2 is 2.00 bits per heavy atom. The first-order valence-electron chi connectivity index (χ1n) is 2.53. The maximum absolute atomic E-state index is 12.0. The predicted molar refractivity (Wildman–Crippen MR) is 41.4 cm³/mol. The summed E-state index contributed by atoms with van der Waals surface area (Å²) in [6.07, 6.45) is -4.30. The molecule has 0 atom stereocenters. The Morgan fingerprint density at radius 3 is 2.18 bits per heavy atom. The topological polar surface area (TPSA) is 26.0 Å². The van der Waals surface area contributed by atoms with Gasteiger partial charge in [0.15, 0.2) is 0 Å². The van der Waals surface area contributed by atoms with Gasteiger partial charge >= 0.3 is 6.18 Å². The number of alkyl halides is 3. The Labute approximate surface area is 73.1 Å². The SMILES string of the molecule is Nc1cc(Br)c(C(F)(F)F)s1. The molecule has 1 aromatic rings. The van der Waals surface area contributed by atoms with E-state index < -0.39 is 11.1 Å². The van der Waals surface area contributed by atoms with E-state index >= 15 is 0 Å². The molecule has 0 aliphatic heterocycles. The van der Waals surface area contributed by atoms with Crippen molar-refractivity contribution >= 4 is 32.3 Å². The quantitative estimate of drug-likeness (QED) is 0.747. The second-order valence-corrected chi connectivity index (χ2v) is 3.76. The van der Waals surface area contributed by atoms with Crippen molar-refractivity contribution in [2.45, 2.75) is 6.18 Å². The van der Waals surface area contributed by atoms with Crippen LogP contribution in [0.5, 0.6) is 0 Å². The average Bonchev–Trinajstić information content (AvgIpc) is 2.08. The summed E-state index contributed by atoms with van der Waals surface area (Å²) >= 11 is 3.29. The van der Waals surface area contributed by atoms with Crippen LogP contribution in [0.15, 0.2) is 10.5 Å². The number of rotatable bonds is 0. The molecule has 1 nitrogen and oxygen atoms in total. The van der Waals surface area contributed by atoms with Crippen LogP contribution in [-0.2, 0) is 6.18 Å². The summed E-state index contributed by atoms with van der Waals surface area (Å²) < 4.78 is 36.0. The number of nitrogen functional groups attached to an aromatic ring is 1. The normalized spacial score (nSPS) is 12.0. The second kappa shape index (κ2) is 2.67. The van der Waals surface area contributed by atoms with Crippen LogP contribution in [0.2, 0.25) is 0 Å². The van der Waals surface area contributed by atoms with Gasteiger partial charge in [0.1, 0.15) is 4.88 Å². The first kappa shape index (κ1) is 8.86. The fourth-order valence-electron chi connectivity index (χ4n) is 0.580. The zero-order valence-corrected chi connectivity index (χ0v) is 7.48. The minimum Gasteiger partial charge on any atom is -0.391 e. The number of anilines is 1. The van der Waals surface area contributed by atoms with Crippen molar-refractivity contribution in [3.8, 4) is 0 Å². The predicted octanol–water partition coefficient (Wildman–Crippen LogP) is 3.11. The van der Waals surface area contributed by atoms with E-state index in [0.717, 1.165) is 0 Å². The van der Waals surface area contributed by atoms with Crippen LogP contribution in [-0.4, -0.2) is 0 Å². The smallest absolute Gasteiger partial charge is 0.391 e. The highest BCUT2D eigenvalue weighted by atomic mass is 79.9. The van der Waals surface area contributed by atoms with E-state index in [4.69, 9.17) is 5.73 Å². The fourth-order valence-corrected chi connectivity index (χ4v) is 2.13. The summed E-state index contributed by atoms with van der Waals surface area (Å²) in [6, 6.07) is 1.24.